The van der Waals surface area contributed by atoms with Gasteiger partial charge in [-0.15, -0.1) is 0 Å². The topological polar surface area (TPSA) is 237 Å². The average Bonchev–Trinajstić information content (AvgIpc) is 1.99. The molecule has 17 nitrogen and oxygen atoms in total. The Kier molecular flexibility index (Phi) is 65.0. The van der Waals surface area contributed by atoms with Crippen molar-refractivity contribution in [2.75, 3.05) is 39.6 Å². The predicted molar refractivity (Wildman–Crippen MR) is 391 cm³/mol. The van der Waals surface area contributed by atoms with Crippen molar-refractivity contribution in [1.82, 2.24) is 0 Å². The van der Waals surface area contributed by atoms with Gasteiger partial charge in [0.1, 0.15) is 19.3 Å². The van der Waals surface area contributed by atoms with Crippen LogP contribution in [0, 0.1) is 23.7 Å². The second-order valence-corrected chi connectivity index (χ2v) is 32.1. The zero-order chi connectivity index (χ0) is 71.0. The summed E-state index contributed by atoms with van der Waals surface area (Å²) < 4.78 is 68.5. The summed E-state index contributed by atoms with van der Waals surface area (Å²) in [6, 6.07) is 0. The monoisotopic (exact) mass is 1410 g/mol. The highest BCUT2D eigenvalue weighted by Crippen LogP contribution is 2.45. The molecule has 0 aromatic carbocycles. The fraction of sp³-hybridized carbons (Fsp3) is 0.948. The van der Waals surface area contributed by atoms with Crippen molar-refractivity contribution in [2.24, 2.45) is 23.7 Å². The van der Waals surface area contributed by atoms with Crippen molar-refractivity contribution in [2.45, 2.75) is 408 Å². The highest BCUT2D eigenvalue weighted by atomic mass is 31.2. The largest absolute Gasteiger partial charge is 0.472 e. The molecule has 0 aromatic rings. The van der Waals surface area contributed by atoms with Gasteiger partial charge in [-0.1, -0.05) is 338 Å². The summed E-state index contributed by atoms with van der Waals surface area (Å²) in [6.07, 6.45) is 51.5. The lowest BCUT2D eigenvalue weighted by molar-refractivity contribution is -0.161. The third kappa shape index (κ3) is 67.9. The molecule has 0 aliphatic carbocycles. The van der Waals surface area contributed by atoms with Gasteiger partial charge in [0, 0.05) is 25.7 Å². The predicted octanol–water partition coefficient (Wildman–Crippen LogP) is 22.4. The van der Waals surface area contributed by atoms with Crippen LogP contribution in [0.2, 0.25) is 0 Å². The SMILES string of the molecule is CCC(C)CCCCCCCCCCCCC(=O)O[C@H](COC(=O)CCCCCCCCC(C)CC)COP(=O)(O)OC[C@H](O)COP(=O)(O)OC[C@@H](COC(=O)CCCCCCCCCCCCCCCCCCCCC(C)C)OC(=O)CCCCCCCCCCC(C)C. The van der Waals surface area contributed by atoms with Crippen LogP contribution in [-0.2, 0) is 65.4 Å². The molecule has 0 amide bonds. The summed E-state index contributed by atoms with van der Waals surface area (Å²) in [7, 11) is -9.91. The van der Waals surface area contributed by atoms with Gasteiger partial charge < -0.3 is 33.8 Å². The molecule has 0 bridgehead atoms. The lowest BCUT2D eigenvalue weighted by Gasteiger charge is -2.21. The molecule has 4 unspecified atom stereocenters. The molecule has 0 rings (SSSR count). The first kappa shape index (κ1) is 94.1. The van der Waals surface area contributed by atoms with Crippen molar-refractivity contribution < 1.29 is 80.2 Å². The van der Waals surface area contributed by atoms with E-state index in [0.29, 0.717) is 25.7 Å². The molecular weight excluding hydrogens is 1260 g/mol. The quantitative estimate of drug-likeness (QED) is 0.0222. The number of phosphoric acid groups is 2. The summed E-state index contributed by atoms with van der Waals surface area (Å²) in [6.45, 7) is 14.2. The molecule has 0 spiro atoms. The Morgan fingerprint density at radius 2 is 0.500 bits per heavy atom. The van der Waals surface area contributed by atoms with E-state index in [1.165, 1.54) is 186 Å². The number of phosphoric ester groups is 2. The zero-order valence-electron chi connectivity index (χ0n) is 63.0. The minimum atomic E-state index is -4.96. The summed E-state index contributed by atoms with van der Waals surface area (Å²) >= 11 is 0. The average molecular weight is 1410 g/mol. The van der Waals surface area contributed by atoms with Crippen LogP contribution in [0.5, 0.6) is 0 Å². The number of carbonyl (C=O) groups excluding carboxylic acids is 4. The second-order valence-electron chi connectivity index (χ2n) is 29.2. The van der Waals surface area contributed by atoms with Crippen molar-refractivity contribution in [1.29, 1.82) is 0 Å². The normalized spacial score (nSPS) is 14.7. The molecule has 96 heavy (non-hydrogen) atoms. The number of ether oxygens (including phenoxy) is 4. The van der Waals surface area contributed by atoms with Gasteiger partial charge in [-0.25, -0.2) is 9.13 Å². The minimum absolute atomic E-state index is 0.104. The lowest BCUT2D eigenvalue weighted by atomic mass is 9.99. The van der Waals surface area contributed by atoms with Crippen LogP contribution in [-0.4, -0.2) is 96.7 Å². The highest BCUT2D eigenvalue weighted by molar-refractivity contribution is 7.47. The summed E-state index contributed by atoms with van der Waals surface area (Å²) in [5.74, 6) is 0.952. The summed E-state index contributed by atoms with van der Waals surface area (Å²) in [5, 5.41) is 10.6. The number of aliphatic hydroxyl groups is 1. The molecule has 0 aliphatic rings. The molecule has 0 saturated heterocycles. The molecule has 0 aliphatic heterocycles. The maximum Gasteiger partial charge on any atom is 0.472 e. The molecule has 7 atom stereocenters. The van der Waals surface area contributed by atoms with Crippen LogP contribution < -0.4 is 0 Å². The molecular formula is C77H150O17P2. The Balaban J connectivity index is 5.17. The molecule has 570 valence electrons. The van der Waals surface area contributed by atoms with E-state index in [1.807, 2.05) is 0 Å². The fourth-order valence-corrected chi connectivity index (χ4v) is 13.2. The maximum atomic E-state index is 13.1. The molecule has 3 N–H and O–H groups in total. The van der Waals surface area contributed by atoms with Crippen LogP contribution in [0.1, 0.15) is 389 Å². The Labute approximate surface area is 588 Å². The molecule has 0 saturated carbocycles. The van der Waals surface area contributed by atoms with Gasteiger partial charge in [0.25, 0.3) is 0 Å². The van der Waals surface area contributed by atoms with Crippen molar-refractivity contribution in [3.63, 3.8) is 0 Å². The van der Waals surface area contributed by atoms with Gasteiger partial charge in [-0.3, -0.25) is 37.3 Å². The van der Waals surface area contributed by atoms with Crippen LogP contribution in [0.3, 0.4) is 0 Å². The van der Waals surface area contributed by atoms with Gasteiger partial charge in [0.15, 0.2) is 12.2 Å². The minimum Gasteiger partial charge on any atom is -0.462 e. The molecule has 19 heteroatoms. The number of hydrogen-bond acceptors (Lipinski definition) is 15. The Hall–Kier alpha value is -1.94. The maximum absolute atomic E-state index is 13.1. The standard InChI is InChI=1S/C77H150O17P2/c1-9-69(7)55-47-39-31-24-21-22-26-33-43-51-59-76(81)93-73(64-88-75(80)58-50-42-36-35-40-48-56-70(8)10-2)66-92-96(85,86)90-62-71(78)61-89-95(83,84)91-65-72(94-77(82)60-52-44-34-28-27-30-38-46-54-68(5)6)63-87-74(79)57-49-41-32-25-20-18-16-14-12-11-13-15-17-19-23-29-37-45-53-67(3)4/h67-73,78H,9-66H2,1-8H3,(H,83,84)(H,85,86)/t69?,70?,71-,72-,73-/m1/s1. The van der Waals surface area contributed by atoms with Crippen molar-refractivity contribution in [3.8, 4) is 0 Å². The first-order valence-electron chi connectivity index (χ1n) is 39.8. The van der Waals surface area contributed by atoms with E-state index in [4.69, 9.17) is 37.0 Å². The number of carbonyl (C=O) groups is 4. The van der Waals surface area contributed by atoms with Crippen molar-refractivity contribution in [3.05, 3.63) is 0 Å². The van der Waals surface area contributed by atoms with E-state index in [0.717, 1.165) is 120 Å². The van der Waals surface area contributed by atoms with E-state index in [2.05, 4.69) is 55.4 Å². The Morgan fingerprint density at radius 1 is 0.292 bits per heavy atom. The van der Waals surface area contributed by atoms with E-state index < -0.39 is 97.5 Å². The smallest absolute Gasteiger partial charge is 0.462 e. The highest BCUT2D eigenvalue weighted by Gasteiger charge is 2.30. The van der Waals surface area contributed by atoms with Gasteiger partial charge >= 0.3 is 39.5 Å². The van der Waals surface area contributed by atoms with E-state index in [1.54, 1.807) is 0 Å². The lowest BCUT2D eigenvalue weighted by Crippen LogP contribution is -2.30. The van der Waals surface area contributed by atoms with Crippen LogP contribution >= 0.6 is 15.6 Å². The Bertz CT molecular complexity index is 1890. The third-order valence-corrected chi connectivity index (χ3v) is 20.4. The zero-order valence-corrected chi connectivity index (χ0v) is 64.8. The van der Waals surface area contributed by atoms with E-state index in [9.17, 15) is 43.2 Å². The van der Waals surface area contributed by atoms with Crippen LogP contribution in [0.15, 0.2) is 0 Å². The number of unbranched alkanes of at least 4 members (excludes halogenated alkanes) is 38. The van der Waals surface area contributed by atoms with Gasteiger partial charge in [-0.05, 0) is 49.4 Å². The second kappa shape index (κ2) is 66.3. The van der Waals surface area contributed by atoms with Gasteiger partial charge in [0.05, 0.1) is 26.4 Å². The Morgan fingerprint density at radius 3 is 0.740 bits per heavy atom. The van der Waals surface area contributed by atoms with Crippen LogP contribution in [0.25, 0.3) is 0 Å². The van der Waals surface area contributed by atoms with Gasteiger partial charge in [-0.2, -0.15) is 0 Å². The fourth-order valence-electron chi connectivity index (χ4n) is 11.7. The van der Waals surface area contributed by atoms with Crippen LogP contribution in [0.4, 0.5) is 0 Å². The van der Waals surface area contributed by atoms with E-state index >= 15 is 0 Å². The molecule has 0 radical (unpaired) electrons. The first-order valence-corrected chi connectivity index (χ1v) is 42.8. The molecule has 0 heterocycles. The number of aliphatic hydroxyl groups excluding tert-OH is 1. The number of esters is 4. The number of rotatable bonds is 74. The van der Waals surface area contributed by atoms with Crippen molar-refractivity contribution >= 4 is 39.5 Å². The molecule has 0 aromatic heterocycles. The van der Waals surface area contributed by atoms with Gasteiger partial charge in [0.2, 0.25) is 0 Å². The number of hydrogen-bond donors (Lipinski definition) is 3. The third-order valence-electron chi connectivity index (χ3n) is 18.5. The molecule has 0 fully saturated rings. The van der Waals surface area contributed by atoms with E-state index in [-0.39, 0.29) is 25.7 Å². The summed E-state index contributed by atoms with van der Waals surface area (Å²) in [4.78, 5) is 72.8. The first-order chi connectivity index (χ1) is 46.2. The summed E-state index contributed by atoms with van der Waals surface area (Å²) in [5.41, 5.74) is 0.